The molecule has 4 nitrogen and oxygen atoms in total. The van der Waals surface area contributed by atoms with Crippen molar-refractivity contribution in [3.05, 3.63) is 35.0 Å². The van der Waals surface area contributed by atoms with Crippen LogP contribution in [0.4, 0.5) is 4.39 Å². The largest absolute Gasteiger partial charge is 0.467 e. The van der Waals surface area contributed by atoms with E-state index in [1.807, 2.05) is 13.8 Å². The van der Waals surface area contributed by atoms with Crippen molar-refractivity contribution in [2.75, 3.05) is 7.11 Å². The number of carbonyl (C=O) groups excluding carboxylic acids is 2. The van der Waals surface area contributed by atoms with E-state index in [0.717, 1.165) is 4.70 Å². The van der Waals surface area contributed by atoms with Crippen LogP contribution in [0.15, 0.2) is 24.3 Å². The minimum Gasteiger partial charge on any atom is -0.467 e. The van der Waals surface area contributed by atoms with Crippen LogP contribution in [0.5, 0.6) is 0 Å². The summed E-state index contributed by atoms with van der Waals surface area (Å²) in [7, 11) is 1.28. The van der Waals surface area contributed by atoms with Gasteiger partial charge in [0.15, 0.2) is 0 Å². The Bertz CT molecular complexity index is 681. The zero-order valence-corrected chi connectivity index (χ0v) is 12.8. The van der Waals surface area contributed by atoms with Gasteiger partial charge >= 0.3 is 5.97 Å². The van der Waals surface area contributed by atoms with E-state index in [9.17, 15) is 14.0 Å². The maximum absolute atomic E-state index is 13.2. The second-order valence-electron chi connectivity index (χ2n) is 5.01. The minimum atomic E-state index is -0.704. The highest BCUT2D eigenvalue weighted by Crippen LogP contribution is 2.26. The molecule has 2 aromatic rings. The van der Waals surface area contributed by atoms with Crippen molar-refractivity contribution in [2.24, 2.45) is 5.92 Å². The smallest absolute Gasteiger partial charge is 0.328 e. The molecule has 0 saturated carbocycles. The highest BCUT2D eigenvalue weighted by atomic mass is 32.1. The number of benzene rings is 1. The number of thiophene rings is 1. The van der Waals surface area contributed by atoms with Crippen LogP contribution in [0.3, 0.4) is 0 Å². The number of amides is 1. The van der Waals surface area contributed by atoms with Gasteiger partial charge in [0.1, 0.15) is 11.9 Å². The van der Waals surface area contributed by atoms with Crippen molar-refractivity contribution in [1.29, 1.82) is 0 Å². The Hall–Kier alpha value is -1.95. The Morgan fingerprint density at radius 1 is 1.29 bits per heavy atom. The molecule has 1 heterocycles. The molecule has 0 aliphatic carbocycles. The zero-order chi connectivity index (χ0) is 15.6. The van der Waals surface area contributed by atoms with E-state index in [1.165, 1.54) is 30.6 Å². The van der Waals surface area contributed by atoms with Gasteiger partial charge in [0.05, 0.1) is 12.0 Å². The number of fused-ring (bicyclic) bond motifs is 1. The zero-order valence-electron chi connectivity index (χ0n) is 12.0. The second-order valence-corrected chi connectivity index (χ2v) is 6.09. The van der Waals surface area contributed by atoms with Gasteiger partial charge in [-0.1, -0.05) is 13.8 Å². The first-order valence-corrected chi connectivity index (χ1v) is 7.32. The molecule has 0 aliphatic heterocycles. The average molecular weight is 309 g/mol. The first kappa shape index (κ1) is 15.4. The maximum atomic E-state index is 13.2. The van der Waals surface area contributed by atoms with Crippen LogP contribution in [0.25, 0.3) is 10.1 Å². The van der Waals surface area contributed by atoms with Crippen molar-refractivity contribution in [1.82, 2.24) is 5.32 Å². The number of carbonyl (C=O) groups is 2. The monoisotopic (exact) mass is 309 g/mol. The molecule has 0 saturated heterocycles. The lowest BCUT2D eigenvalue weighted by atomic mass is 10.0. The summed E-state index contributed by atoms with van der Waals surface area (Å²) in [6.45, 7) is 3.64. The Labute approximate surface area is 125 Å². The van der Waals surface area contributed by atoms with Gasteiger partial charge in [0.2, 0.25) is 0 Å². The van der Waals surface area contributed by atoms with E-state index in [-0.39, 0.29) is 17.6 Å². The van der Waals surface area contributed by atoms with Crippen molar-refractivity contribution in [3.8, 4) is 0 Å². The molecule has 0 spiro atoms. The molecule has 2 rings (SSSR count). The number of hydrogen-bond donors (Lipinski definition) is 1. The standard InChI is InChI=1S/C15H16FNO3S/c1-8(2)13(15(19)20-3)17-14(18)12-7-9-6-10(16)4-5-11(9)21-12/h4-8,13H,1-3H3,(H,17,18). The molecule has 1 N–H and O–H groups in total. The van der Waals surface area contributed by atoms with Crippen molar-refractivity contribution in [3.63, 3.8) is 0 Å². The van der Waals surface area contributed by atoms with E-state index in [4.69, 9.17) is 0 Å². The molecule has 1 aromatic carbocycles. The van der Waals surface area contributed by atoms with Crippen LogP contribution in [-0.2, 0) is 9.53 Å². The van der Waals surface area contributed by atoms with Crippen LogP contribution in [0.1, 0.15) is 23.5 Å². The molecule has 1 aromatic heterocycles. The van der Waals surface area contributed by atoms with Crippen LogP contribution in [-0.4, -0.2) is 25.0 Å². The lowest BCUT2D eigenvalue weighted by Crippen LogP contribution is -2.44. The van der Waals surface area contributed by atoms with Gasteiger partial charge in [-0.15, -0.1) is 11.3 Å². The third-order valence-corrected chi connectivity index (χ3v) is 4.23. The summed E-state index contributed by atoms with van der Waals surface area (Å²) in [6, 6.07) is 5.28. The Morgan fingerprint density at radius 2 is 2.00 bits per heavy atom. The first-order chi connectivity index (χ1) is 9.92. The fraction of sp³-hybridized carbons (Fsp3) is 0.333. The van der Waals surface area contributed by atoms with Gasteiger partial charge in [-0.25, -0.2) is 9.18 Å². The van der Waals surface area contributed by atoms with Gasteiger partial charge in [-0.3, -0.25) is 4.79 Å². The maximum Gasteiger partial charge on any atom is 0.328 e. The van der Waals surface area contributed by atoms with Crippen LogP contribution >= 0.6 is 11.3 Å². The quantitative estimate of drug-likeness (QED) is 0.883. The summed E-state index contributed by atoms with van der Waals surface area (Å²) >= 11 is 1.26. The summed E-state index contributed by atoms with van der Waals surface area (Å²) < 4.78 is 18.7. The molecule has 0 radical (unpaired) electrons. The summed E-state index contributed by atoms with van der Waals surface area (Å²) in [6.07, 6.45) is 0. The van der Waals surface area contributed by atoms with Gasteiger partial charge in [0, 0.05) is 4.70 Å². The molecule has 0 aliphatic rings. The molecule has 1 unspecified atom stereocenters. The Morgan fingerprint density at radius 3 is 2.62 bits per heavy atom. The predicted octanol–water partition coefficient (Wildman–Crippen LogP) is 2.97. The molecule has 6 heteroatoms. The molecule has 1 amide bonds. The number of rotatable bonds is 4. The molecular formula is C15H16FNO3S. The summed E-state index contributed by atoms with van der Waals surface area (Å²) in [5.74, 6) is -1.28. The fourth-order valence-electron chi connectivity index (χ4n) is 1.96. The van der Waals surface area contributed by atoms with Gasteiger partial charge in [0.25, 0.3) is 5.91 Å². The first-order valence-electron chi connectivity index (χ1n) is 6.50. The van der Waals surface area contributed by atoms with E-state index in [0.29, 0.717) is 10.3 Å². The third kappa shape index (κ3) is 3.39. The predicted molar refractivity (Wildman–Crippen MR) is 79.9 cm³/mol. The minimum absolute atomic E-state index is 0.0896. The number of halogens is 1. The van der Waals surface area contributed by atoms with Crippen LogP contribution in [0, 0.1) is 11.7 Å². The second kappa shape index (κ2) is 6.22. The molecule has 0 fully saturated rings. The number of nitrogens with one attached hydrogen (secondary N) is 1. The van der Waals surface area contributed by atoms with Crippen molar-refractivity contribution >= 4 is 33.3 Å². The number of ether oxygens (including phenoxy) is 1. The van der Waals surface area contributed by atoms with Gasteiger partial charge in [-0.2, -0.15) is 0 Å². The third-order valence-electron chi connectivity index (χ3n) is 3.11. The fourth-order valence-corrected chi connectivity index (χ4v) is 2.91. The Kier molecular flexibility index (Phi) is 4.57. The van der Waals surface area contributed by atoms with Gasteiger partial charge in [-0.05, 0) is 35.6 Å². The lowest BCUT2D eigenvalue weighted by molar-refractivity contribution is -0.144. The summed E-state index contributed by atoms with van der Waals surface area (Å²) in [4.78, 5) is 24.3. The van der Waals surface area contributed by atoms with E-state index >= 15 is 0 Å². The van der Waals surface area contributed by atoms with Crippen molar-refractivity contribution < 1.29 is 18.7 Å². The lowest BCUT2D eigenvalue weighted by Gasteiger charge is -2.19. The SMILES string of the molecule is COC(=O)C(NC(=O)c1cc2cc(F)ccc2s1)C(C)C. The van der Waals surface area contributed by atoms with E-state index in [2.05, 4.69) is 10.1 Å². The number of methoxy groups -OCH3 is 1. The topological polar surface area (TPSA) is 55.4 Å². The number of hydrogen-bond acceptors (Lipinski definition) is 4. The molecule has 21 heavy (non-hydrogen) atoms. The summed E-state index contributed by atoms with van der Waals surface area (Å²) in [5.41, 5.74) is 0. The summed E-state index contributed by atoms with van der Waals surface area (Å²) in [5, 5.41) is 3.33. The van der Waals surface area contributed by atoms with Crippen LogP contribution < -0.4 is 5.32 Å². The normalized spacial score (nSPS) is 12.4. The molecular weight excluding hydrogens is 293 g/mol. The molecule has 112 valence electrons. The van der Waals surface area contributed by atoms with Crippen molar-refractivity contribution in [2.45, 2.75) is 19.9 Å². The molecule has 0 bridgehead atoms. The highest BCUT2D eigenvalue weighted by Gasteiger charge is 2.26. The molecule has 1 atom stereocenters. The Balaban J connectivity index is 2.23. The highest BCUT2D eigenvalue weighted by molar-refractivity contribution is 7.20. The van der Waals surface area contributed by atoms with Gasteiger partial charge < -0.3 is 10.1 Å². The van der Waals surface area contributed by atoms with E-state index < -0.39 is 12.0 Å². The van der Waals surface area contributed by atoms with E-state index in [1.54, 1.807) is 12.1 Å². The van der Waals surface area contributed by atoms with Crippen LogP contribution in [0.2, 0.25) is 0 Å². The average Bonchev–Trinajstić information content (AvgIpc) is 2.86. The number of esters is 1.